The van der Waals surface area contributed by atoms with E-state index >= 15 is 0 Å². The van der Waals surface area contributed by atoms with Crippen molar-refractivity contribution in [3.8, 4) is 0 Å². The Labute approximate surface area is 415 Å². The number of hydrogen-bond acceptors (Lipinski definition) is 6. The summed E-state index contributed by atoms with van der Waals surface area (Å²) in [4.78, 5) is 14.5. The van der Waals surface area contributed by atoms with Crippen LogP contribution in [0.4, 0.5) is 0 Å². The maximum absolute atomic E-state index is 14.5. The van der Waals surface area contributed by atoms with Gasteiger partial charge >= 0.3 is 0 Å². The lowest BCUT2D eigenvalue weighted by Gasteiger charge is -2.47. The number of benzene rings is 2. The lowest BCUT2D eigenvalue weighted by molar-refractivity contribution is -0.139. The van der Waals surface area contributed by atoms with E-state index in [2.05, 4.69) is 204 Å². The second-order valence-electron chi connectivity index (χ2n) is 24.9. The Kier molecular flexibility index (Phi) is 21.3. The summed E-state index contributed by atoms with van der Waals surface area (Å²) in [6.07, 6.45) is 10.0. The van der Waals surface area contributed by atoms with Gasteiger partial charge in [0.15, 0.2) is 8.32 Å². The summed E-state index contributed by atoms with van der Waals surface area (Å²) in [5.74, 6) is 0.525. The third-order valence-corrected chi connectivity index (χ3v) is 33.2. The molecule has 2 aliphatic rings. The SMILES string of the molecule is CC(C)[Si](OCC[C@H]1C[C@H](O[Si](c2ccccc2)(c2ccccc2)C(C)(C)C)C[C@@H](CC(=O)C[C@H]2O[C@H](C[C@@H](/C=C/C(C)(C)C)O[Si](C(C)C)(C(C)C)C(C)C)CC[C@@H]2C)O1)(C(C)C)C(C)C. The standard InChI is InChI=1S/C58H100O6Si3/c1-41(2)65(42(3)4,43(5)6)60-35-33-50-39-53(64-67(58(17,18)19,54-26-22-20-23-27-54)55-28-24-21-25-29-55)40-52(61-50)36-48(59)37-56-47(13)30-31-49(62-56)38-51(32-34-57(14,15)16)63-66(44(7)8,45(9)10)46(11)12/h20-29,32,34,41-47,49-53,56H,30-31,33,35-40H2,1-19H3/b34-32+/t47-,49-,50-,51+,52+,53-,56+/m0/s1. The number of allylic oxidation sites excluding steroid dienone is 1. The normalized spacial score (nSPS) is 23.4. The van der Waals surface area contributed by atoms with Crippen molar-refractivity contribution >= 4 is 41.1 Å². The number of hydrogen-bond donors (Lipinski definition) is 0. The zero-order chi connectivity index (χ0) is 50.1. The van der Waals surface area contributed by atoms with E-state index < -0.39 is 25.0 Å². The fraction of sp³-hybridized carbons (Fsp3) is 0.741. The molecule has 2 aromatic rings. The molecule has 0 radical (unpaired) electrons. The Morgan fingerprint density at radius 3 is 1.61 bits per heavy atom. The van der Waals surface area contributed by atoms with Gasteiger partial charge in [-0.25, -0.2) is 0 Å². The maximum Gasteiger partial charge on any atom is 0.261 e. The van der Waals surface area contributed by atoms with Gasteiger partial charge in [-0.05, 0) is 92.1 Å². The molecule has 0 amide bonds. The molecule has 0 aromatic heterocycles. The number of carbonyl (C=O) groups excluding carboxylic acids is 1. The van der Waals surface area contributed by atoms with Crippen LogP contribution in [0.2, 0.25) is 38.3 Å². The van der Waals surface area contributed by atoms with Crippen molar-refractivity contribution in [3.63, 3.8) is 0 Å². The van der Waals surface area contributed by atoms with Crippen molar-refractivity contribution < 1.29 is 27.5 Å². The number of rotatable bonds is 23. The van der Waals surface area contributed by atoms with Crippen molar-refractivity contribution in [2.45, 2.75) is 258 Å². The topological polar surface area (TPSA) is 63.2 Å². The average molecular weight is 978 g/mol. The Bertz CT molecular complexity index is 1710. The summed E-state index contributed by atoms with van der Waals surface area (Å²) in [5, 5.41) is 2.40. The molecule has 67 heavy (non-hydrogen) atoms. The van der Waals surface area contributed by atoms with Gasteiger partial charge in [-0.15, -0.1) is 0 Å². The van der Waals surface area contributed by atoms with Crippen molar-refractivity contribution in [2.75, 3.05) is 6.61 Å². The number of ether oxygens (including phenoxy) is 2. The monoisotopic (exact) mass is 977 g/mol. The smallest absolute Gasteiger partial charge is 0.261 e. The van der Waals surface area contributed by atoms with E-state index in [9.17, 15) is 4.79 Å². The molecule has 0 bridgehead atoms. The summed E-state index contributed by atoms with van der Waals surface area (Å²) < 4.78 is 36.5. The molecule has 2 heterocycles. The quantitative estimate of drug-likeness (QED) is 0.0817. The zero-order valence-electron chi connectivity index (χ0n) is 46.2. The summed E-state index contributed by atoms with van der Waals surface area (Å²) in [6.45, 7) is 45.1. The van der Waals surface area contributed by atoms with Gasteiger partial charge < -0.3 is 22.8 Å². The first kappa shape index (κ1) is 57.9. The zero-order valence-corrected chi connectivity index (χ0v) is 49.2. The number of ketones is 1. The van der Waals surface area contributed by atoms with E-state index in [4.69, 9.17) is 22.8 Å². The maximum atomic E-state index is 14.5. The van der Waals surface area contributed by atoms with Crippen LogP contribution in [0, 0.1) is 11.3 Å². The second-order valence-corrected chi connectivity index (χ2v) is 40.1. The van der Waals surface area contributed by atoms with Crippen LogP contribution < -0.4 is 10.4 Å². The molecule has 0 unspecified atom stereocenters. The molecule has 4 rings (SSSR count). The summed E-state index contributed by atoms with van der Waals surface area (Å²) in [7, 11) is -7.08. The lowest BCUT2D eigenvalue weighted by Crippen LogP contribution is -2.68. The summed E-state index contributed by atoms with van der Waals surface area (Å²) in [6, 6.07) is 21.9. The minimum absolute atomic E-state index is 0.0219. The summed E-state index contributed by atoms with van der Waals surface area (Å²) >= 11 is 0. The van der Waals surface area contributed by atoms with E-state index in [1.54, 1.807) is 0 Å². The number of Topliss-reactive ketones (excluding diaryl/α,β-unsaturated/α-hetero) is 1. The van der Waals surface area contributed by atoms with Crippen LogP contribution in [0.15, 0.2) is 72.8 Å². The third kappa shape index (κ3) is 14.5. The lowest BCUT2D eigenvalue weighted by atomic mass is 9.87. The van der Waals surface area contributed by atoms with Gasteiger partial charge in [-0.1, -0.05) is 204 Å². The largest absolute Gasteiger partial charge is 0.416 e. The first-order valence-corrected chi connectivity index (χ1v) is 33.0. The molecule has 2 saturated heterocycles. The fourth-order valence-corrected chi connectivity index (χ4v) is 28.5. The van der Waals surface area contributed by atoms with E-state index in [1.165, 1.54) is 10.4 Å². The Balaban J connectivity index is 1.61. The van der Waals surface area contributed by atoms with Gasteiger partial charge in [0.25, 0.3) is 8.32 Å². The first-order chi connectivity index (χ1) is 31.2. The predicted octanol–water partition coefficient (Wildman–Crippen LogP) is 15.1. The van der Waals surface area contributed by atoms with Crippen LogP contribution in [0.5, 0.6) is 0 Å². The van der Waals surface area contributed by atoms with E-state index in [0.717, 1.165) is 32.1 Å². The molecule has 0 aliphatic carbocycles. The van der Waals surface area contributed by atoms with Crippen LogP contribution in [0.25, 0.3) is 0 Å². The molecular weight excluding hydrogens is 877 g/mol. The fourth-order valence-electron chi connectivity index (χ4n) is 12.8. The van der Waals surface area contributed by atoms with E-state index in [-0.39, 0.29) is 52.9 Å². The number of carbonyl (C=O) groups is 1. The van der Waals surface area contributed by atoms with Crippen molar-refractivity contribution in [2.24, 2.45) is 11.3 Å². The molecule has 7 atom stereocenters. The Hall–Kier alpha value is -1.70. The Morgan fingerprint density at radius 1 is 0.657 bits per heavy atom. The van der Waals surface area contributed by atoms with Crippen LogP contribution in [0.3, 0.4) is 0 Å². The van der Waals surface area contributed by atoms with Crippen LogP contribution in [-0.4, -0.2) is 74.0 Å². The van der Waals surface area contributed by atoms with Gasteiger partial charge in [0.05, 0.1) is 36.6 Å². The molecule has 380 valence electrons. The Morgan fingerprint density at radius 2 is 1.15 bits per heavy atom. The van der Waals surface area contributed by atoms with Crippen molar-refractivity contribution in [1.82, 2.24) is 0 Å². The van der Waals surface area contributed by atoms with Crippen molar-refractivity contribution in [3.05, 3.63) is 72.8 Å². The third-order valence-electron chi connectivity index (χ3n) is 15.9. The molecule has 6 nitrogen and oxygen atoms in total. The highest BCUT2D eigenvalue weighted by molar-refractivity contribution is 6.99. The van der Waals surface area contributed by atoms with Gasteiger partial charge in [-0.3, -0.25) is 4.79 Å². The highest BCUT2D eigenvalue weighted by atomic mass is 28.4. The minimum Gasteiger partial charge on any atom is -0.416 e. The summed E-state index contributed by atoms with van der Waals surface area (Å²) in [5.41, 5.74) is 3.06. The molecular formula is C58H100O6Si3. The van der Waals surface area contributed by atoms with Crippen LogP contribution >= 0.6 is 0 Å². The molecule has 0 saturated carbocycles. The average Bonchev–Trinajstić information content (AvgIpc) is 3.22. The van der Waals surface area contributed by atoms with Gasteiger partial charge in [0.1, 0.15) is 5.78 Å². The molecule has 2 fully saturated rings. The molecule has 0 N–H and O–H groups in total. The van der Waals surface area contributed by atoms with Gasteiger partial charge in [-0.2, -0.15) is 0 Å². The highest BCUT2D eigenvalue weighted by Gasteiger charge is 2.53. The minimum atomic E-state index is -2.86. The van der Waals surface area contributed by atoms with Crippen LogP contribution in [-0.2, 0) is 27.5 Å². The van der Waals surface area contributed by atoms with Gasteiger partial charge in [0, 0.05) is 25.9 Å². The van der Waals surface area contributed by atoms with Gasteiger partial charge in [0.2, 0.25) is 8.32 Å². The molecule has 2 aliphatic heterocycles. The first-order valence-electron chi connectivity index (χ1n) is 26.8. The van der Waals surface area contributed by atoms with Crippen LogP contribution in [0.1, 0.15) is 183 Å². The van der Waals surface area contributed by atoms with E-state index in [0.29, 0.717) is 65.0 Å². The molecule has 9 heteroatoms. The molecule has 2 aromatic carbocycles. The second kappa shape index (κ2) is 24.6. The molecule has 0 spiro atoms. The predicted molar refractivity (Wildman–Crippen MR) is 292 cm³/mol. The highest BCUT2D eigenvalue weighted by Crippen LogP contribution is 2.46. The van der Waals surface area contributed by atoms with E-state index in [1.807, 2.05) is 0 Å². The van der Waals surface area contributed by atoms with Crippen molar-refractivity contribution in [1.29, 1.82) is 0 Å².